The Morgan fingerprint density at radius 3 is 2.95 bits per heavy atom. The third-order valence-electron chi connectivity index (χ3n) is 3.95. The molecular formula is C16H24N2O. The molecule has 2 rings (SSSR count). The van der Waals surface area contributed by atoms with Crippen LogP contribution in [0, 0.1) is 6.92 Å². The van der Waals surface area contributed by atoms with Crippen molar-refractivity contribution in [2.75, 3.05) is 6.54 Å². The van der Waals surface area contributed by atoms with Crippen molar-refractivity contribution in [3.05, 3.63) is 35.4 Å². The maximum atomic E-state index is 12.3. The number of benzene rings is 1. The molecule has 0 unspecified atom stereocenters. The molecule has 0 spiro atoms. The minimum Gasteiger partial charge on any atom is -0.340 e. The zero-order chi connectivity index (χ0) is 13.8. The number of carbonyl (C=O) groups is 1. The molecule has 1 aliphatic heterocycles. The van der Waals surface area contributed by atoms with E-state index in [1.807, 2.05) is 4.90 Å². The molecule has 1 saturated heterocycles. The fourth-order valence-electron chi connectivity index (χ4n) is 2.84. The highest BCUT2D eigenvalue weighted by Gasteiger charge is 2.26. The molecule has 1 heterocycles. The first-order chi connectivity index (χ1) is 9.06. The van der Waals surface area contributed by atoms with Gasteiger partial charge in [0.25, 0.3) is 0 Å². The number of hydrogen-bond donors (Lipinski definition) is 1. The number of nitrogens with two attached hydrogens (primary N) is 1. The summed E-state index contributed by atoms with van der Waals surface area (Å²) < 4.78 is 0. The maximum Gasteiger partial charge on any atom is 0.223 e. The van der Waals surface area contributed by atoms with Gasteiger partial charge in [-0.15, -0.1) is 0 Å². The molecule has 2 N–H and O–H groups in total. The van der Waals surface area contributed by atoms with Crippen LogP contribution in [0.25, 0.3) is 0 Å². The van der Waals surface area contributed by atoms with Gasteiger partial charge in [0.05, 0.1) is 0 Å². The standard InChI is InChI=1S/C16H24N2O/c1-12-4-3-5-14(10-12)6-7-16(19)18-9-8-15(17)11-13(18)2/h3-5,10,13,15H,6-9,11,17H2,1-2H3/t13-,15-/m0/s1. The largest absolute Gasteiger partial charge is 0.340 e. The van der Waals surface area contributed by atoms with Gasteiger partial charge in [-0.25, -0.2) is 0 Å². The lowest BCUT2D eigenvalue weighted by Crippen LogP contribution is -2.48. The average Bonchev–Trinajstić information content (AvgIpc) is 2.36. The molecule has 0 aromatic heterocycles. The van der Waals surface area contributed by atoms with Gasteiger partial charge in [0, 0.05) is 25.0 Å². The van der Waals surface area contributed by atoms with Crippen LogP contribution in [0.5, 0.6) is 0 Å². The van der Waals surface area contributed by atoms with Gasteiger partial charge in [-0.05, 0) is 38.7 Å². The Morgan fingerprint density at radius 1 is 1.47 bits per heavy atom. The van der Waals surface area contributed by atoms with Crippen molar-refractivity contribution in [2.45, 2.75) is 51.6 Å². The SMILES string of the molecule is Cc1cccc(CCC(=O)N2CC[C@H](N)C[C@@H]2C)c1. The van der Waals surface area contributed by atoms with Crippen molar-refractivity contribution in [3.63, 3.8) is 0 Å². The van der Waals surface area contributed by atoms with Crippen molar-refractivity contribution in [1.29, 1.82) is 0 Å². The minimum atomic E-state index is 0.260. The fraction of sp³-hybridized carbons (Fsp3) is 0.562. The van der Waals surface area contributed by atoms with E-state index in [1.165, 1.54) is 11.1 Å². The summed E-state index contributed by atoms with van der Waals surface area (Å²) in [5.41, 5.74) is 8.43. The Morgan fingerprint density at radius 2 is 2.26 bits per heavy atom. The Bertz CT molecular complexity index is 444. The van der Waals surface area contributed by atoms with Crippen LogP contribution in [-0.4, -0.2) is 29.4 Å². The Hall–Kier alpha value is -1.35. The quantitative estimate of drug-likeness (QED) is 0.906. The fourth-order valence-corrected chi connectivity index (χ4v) is 2.84. The van der Waals surface area contributed by atoms with Crippen LogP contribution in [-0.2, 0) is 11.2 Å². The molecule has 0 radical (unpaired) electrons. The van der Waals surface area contributed by atoms with E-state index in [2.05, 4.69) is 38.1 Å². The lowest BCUT2D eigenvalue weighted by Gasteiger charge is -2.36. The van der Waals surface area contributed by atoms with Crippen LogP contribution in [0.15, 0.2) is 24.3 Å². The smallest absolute Gasteiger partial charge is 0.223 e. The van der Waals surface area contributed by atoms with Crippen molar-refractivity contribution in [3.8, 4) is 0 Å². The second kappa shape index (κ2) is 6.20. The maximum absolute atomic E-state index is 12.3. The minimum absolute atomic E-state index is 0.260. The van der Waals surface area contributed by atoms with E-state index < -0.39 is 0 Å². The summed E-state index contributed by atoms with van der Waals surface area (Å²) in [7, 11) is 0. The van der Waals surface area contributed by atoms with Crippen LogP contribution < -0.4 is 5.73 Å². The molecule has 3 heteroatoms. The van der Waals surface area contributed by atoms with E-state index in [0.29, 0.717) is 6.42 Å². The van der Waals surface area contributed by atoms with Crippen molar-refractivity contribution >= 4 is 5.91 Å². The van der Waals surface area contributed by atoms with Crippen molar-refractivity contribution in [1.82, 2.24) is 4.90 Å². The third kappa shape index (κ3) is 3.80. The Kier molecular flexibility index (Phi) is 4.59. The second-order valence-electron chi connectivity index (χ2n) is 5.71. The number of aryl methyl sites for hydroxylation is 2. The lowest BCUT2D eigenvalue weighted by atomic mass is 9.98. The zero-order valence-corrected chi connectivity index (χ0v) is 11.9. The number of amides is 1. The number of rotatable bonds is 3. The van der Waals surface area contributed by atoms with Gasteiger partial charge in [-0.3, -0.25) is 4.79 Å². The van der Waals surface area contributed by atoms with E-state index in [9.17, 15) is 4.79 Å². The highest BCUT2D eigenvalue weighted by Crippen LogP contribution is 2.17. The van der Waals surface area contributed by atoms with Crippen LogP contribution in [0.3, 0.4) is 0 Å². The van der Waals surface area contributed by atoms with Crippen LogP contribution in [0.4, 0.5) is 0 Å². The normalized spacial score (nSPS) is 23.4. The summed E-state index contributed by atoms with van der Waals surface area (Å²) in [6, 6.07) is 8.93. The molecule has 0 aliphatic carbocycles. The zero-order valence-electron chi connectivity index (χ0n) is 11.9. The van der Waals surface area contributed by atoms with Crippen LogP contribution in [0.1, 0.15) is 37.3 Å². The van der Waals surface area contributed by atoms with E-state index in [0.717, 1.165) is 25.8 Å². The first-order valence-corrected chi connectivity index (χ1v) is 7.17. The van der Waals surface area contributed by atoms with Gasteiger partial charge < -0.3 is 10.6 Å². The van der Waals surface area contributed by atoms with E-state index >= 15 is 0 Å². The summed E-state index contributed by atoms with van der Waals surface area (Å²) in [6.45, 7) is 5.00. The van der Waals surface area contributed by atoms with Crippen molar-refractivity contribution in [2.24, 2.45) is 5.73 Å². The summed E-state index contributed by atoms with van der Waals surface area (Å²) in [6.07, 6.45) is 3.29. The number of piperidine rings is 1. The van der Waals surface area contributed by atoms with Gasteiger partial charge in [0.1, 0.15) is 0 Å². The topological polar surface area (TPSA) is 46.3 Å². The number of carbonyl (C=O) groups excluding carboxylic acids is 1. The highest BCUT2D eigenvalue weighted by atomic mass is 16.2. The Labute approximate surface area is 115 Å². The molecule has 1 aromatic carbocycles. The number of nitrogens with zero attached hydrogens (tertiary/aromatic N) is 1. The number of likely N-dealkylation sites (tertiary alicyclic amines) is 1. The predicted octanol–water partition coefficient (Wildman–Crippen LogP) is 2.27. The molecule has 1 aliphatic rings. The molecule has 0 saturated carbocycles. The van der Waals surface area contributed by atoms with Gasteiger partial charge in [0.2, 0.25) is 5.91 Å². The molecule has 2 atom stereocenters. The monoisotopic (exact) mass is 260 g/mol. The van der Waals surface area contributed by atoms with Gasteiger partial charge >= 0.3 is 0 Å². The predicted molar refractivity (Wildman–Crippen MR) is 77.9 cm³/mol. The second-order valence-corrected chi connectivity index (χ2v) is 5.71. The highest BCUT2D eigenvalue weighted by molar-refractivity contribution is 5.76. The molecule has 104 valence electrons. The number of hydrogen-bond acceptors (Lipinski definition) is 2. The molecule has 3 nitrogen and oxygen atoms in total. The summed E-state index contributed by atoms with van der Waals surface area (Å²) in [5, 5.41) is 0. The third-order valence-corrected chi connectivity index (χ3v) is 3.95. The van der Waals surface area contributed by atoms with E-state index in [1.54, 1.807) is 0 Å². The Balaban J connectivity index is 1.87. The summed E-state index contributed by atoms with van der Waals surface area (Å²) in [5.74, 6) is 0.265. The van der Waals surface area contributed by atoms with E-state index in [-0.39, 0.29) is 18.0 Å². The van der Waals surface area contributed by atoms with Gasteiger partial charge in [0.15, 0.2) is 0 Å². The first-order valence-electron chi connectivity index (χ1n) is 7.17. The molecule has 1 amide bonds. The average molecular weight is 260 g/mol. The molecule has 1 aromatic rings. The van der Waals surface area contributed by atoms with Gasteiger partial charge in [-0.2, -0.15) is 0 Å². The molecule has 19 heavy (non-hydrogen) atoms. The molecule has 1 fully saturated rings. The van der Waals surface area contributed by atoms with Gasteiger partial charge in [-0.1, -0.05) is 29.8 Å². The molecular weight excluding hydrogens is 236 g/mol. The van der Waals surface area contributed by atoms with Crippen LogP contribution in [0.2, 0.25) is 0 Å². The summed E-state index contributed by atoms with van der Waals surface area (Å²) in [4.78, 5) is 14.3. The van der Waals surface area contributed by atoms with Crippen molar-refractivity contribution < 1.29 is 4.79 Å². The first kappa shape index (κ1) is 14.1. The summed E-state index contributed by atoms with van der Waals surface area (Å²) >= 11 is 0. The lowest BCUT2D eigenvalue weighted by molar-refractivity contribution is -0.134. The van der Waals surface area contributed by atoms with E-state index in [4.69, 9.17) is 5.73 Å². The van der Waals surface area contributed by atoms with Crippen LogP contribution >= 0.6 is 0 Å². The molecule has 0 bridgehead atoms.